The molecule has 108 valence electrons. The number of nitro benzene ring substituents is 1. The number of nitrogens with zero attached hydrogens (tertiary/aromatic N) is 3. The molecule has 1 saturated carbocycles. The smallest absolute Gasteiger partial charge is 0.270 e. The average molecular weight is 277 g/mol. The van der Waals surface area contributed by atoms with Crippen molar-refractivity contribution in [2.24, 2.45) is 5.10 Å². The van der Waals surface area contributed by atoms with Gasteiger partial charge in [0.15, 0.2) is 0 Å². The summed E-state index contributed by atoms with van der Waals surface area (Å²) >= 11 is 0. The van der Waals surface area contributed by atoms with E-state index < -0.39 is 4.92 Å². The van der Waals surface area contributed by atoms with Crippen molar-refractivity contribution in [3.63, 3.8) is 0 Å². The third kappa shape index (κ3) is 3.54. The Hall–Kier alpha value is -1.95. The number of aliphatic hydroxyl groups excluding tert-OH is 1. The number of benzene rings is 1. The summed E-state index contributed by atoms with van der Waals surface area (Å²) in [5.74, 6) is 0. The van der Waals surface area contributed by atoms with Crippen molar-refractivity contribution < 1.29 is 10.0 Å². The van der Waals surface area contributed by atoms with Crippen LogP contribution >= 0.6 is 0 Å². The van der Waals surface area contributed by atoms with Gasteiger partial charge in [-0.05, 0) is 12.8 Å². The zero-order valence-corrected chi connectivity index (χ0v) is 11.5. The second kappa shape index (κ2) is 6.47. The summed E-state index contributed by atoms with van der Waals surface area (Å²) in [4.78, 5) is 10.3. The van der Waals surface area contributed by atoms with Gasteiger partial charge < -0.3 is 5.11 Å². The number of aliphatic hydroxyl groups is 1. The molecule has 0 heterocycles. The molecule has 20 heavy (non-hydrogen) atoms. The highest BCUT2D eigenvalue weighted by Crippen LogP contribution is 2.22. The highest BCUT2D eigenvalue weighted by Gasteiger charge is 2.25. The van der Waals surface area contributed by atoms with Crippen LogP contribution in [0.3, 0.4) is 0 Å². The van der Waals surface area contributed by atoms with E-state index >= 15 is 0 Å². The van der Waals surface area contributed by atoms with Crippen LogP contribution in [0.1, 0.15) is 31.2 Å². The Morgan fingerprint density at radius 2 is 2.20 bits per heavy atom. The van der Waals surface area contributed by atoms with Crippen molar-refractivity contribution in [1.29, 1.82) is 0 Å². The van der Waals surface area contributed by atoms with E-state index in [1.807, 2.05) is 7.05 Å². The van der Waals surface area contributed by atoms with Crippen LogP contribution in [0.15, 0.2) is 29.4 Å². The summed E-state index contributed by atoms with van der Waals surface area (Å²) in [6.45, 7) is 0. The van der Waals surface area contributed by atoms with Crippen LogP contribution in [0.2, 0.25) is 0 Å². The second-order valence-electron chi connectivity index (χ2n) is 5.09. The van der Waals surface area contributed by atoms with Crippen LogP contribution in [-0.2, 0) is 0 Å². The predicted octanol–water partition coefficient (Wildman–Crippen LogP) is 2.16. The number of hydrazone groups is 1. The molecular formula is C14H19N3O3. The molecule has 0 spiro atoms. The standard InChI is InChI=1S/C14H19N3O3/c1-16(13-7-2-3-8-14(13)18)15-10-11-5-4-6-12(9-11)17(19)20/h4-6,9-10,13-14,18H,2-3,7-8H2,1H3/b15-10+/t13-,14-/m0/s1. The molecule has 0 amide bonds. The minimum Gasteiger partial charge on any atom is -0.391 e. The normalized spacial score (nSPS) is 22.9. The van der Waals surface area contributed by atoms with Gasteiger partial charge >= 0.3 is 0 Å². The maximum absolute atomic E-state index is 10.7. The molecule has 1 aliphatic rings. The van der Waals surface area contributed by atoms with Crippen molar-refractivity contribution in [2.75, 3.05) is 7.05 Å². The van der Waals surface area contributed by atoms with E-state index in [4.69, 9.17) is 0 Å². The third-order valence-corrected chi connectivity index (χ3v) is 3.64. The molecule has 0 aromatic heterocycles. The van der Waals surface area contributed by atoms with Gasteiger partial charge in [0.05, 0.1) is 23.3 Å². The second-order valence-corrected chi connectivity index (χ2v) is 5.09. The molecule has 0 radical (unpaired) electrons. The minimum absolute atomic E-state index is 0.0266. The van der Waals surface area contributed by atoms with Gasteiger partial charge in [0, 0.05) is 24.7 Å². The fourth-order valence-electron chi connectivity index (χ4n) is 2.49. The molecule has 0 bridgehead atoms. The van der Waals surface area contributed by atoms with Crippen molar-refractivity contribution in [3.8, 4) is 0 Å². The molecule has 6 heteroatoms. The fourth-order valence-corrected chi connectivity index (χ4v) is 2.49. The Bertz CT molecular complexity index is 504. The van der Waals surface area contributed by atoms with E-state index in [1.165, 1.54) is 12.1 Å². The Morgan fingerprint density at radius 3 is 2.90 bits per heavy atom. The summed E-state index contributed by atoms with van der Waals surface area (Å²) in [5.41, 5.74) is 0.727. The number of likely N-dealkylation sites (N-methyl/N-ethyl adjacent to an activating group) is 1. The lowest BCUT2D eigenvalue weighted by atomic mass is 9.92. The molecule has 1 N–H and O–H groups in total. The first kappa shape index (κ1) is 14.5. The first-order valence-corrected chi connectivity index (χ1v) is 6.77. The van der Waals surface area contributed by atoms with E-state index in [1.54, 1.807) is 23.4 Å². The first-order valence-electron chi connectivity index (χ1n) is 6.77. The molecule has 0 aliphatic heterocycles. The Labute approximate surface area is 117 Å². The molecule has 1 aromatic rings. The molecule has 1 fully saturated rings. The molecule has 2 atom stereocenters. The Kier molecular flexibility index (Phi) is 4.68. The van der Waals surface area contributed by atoms with Gasteiger partial charge in [-0.25, -0.2) is 0 Å². The molecule has 1 aromatic carbocycles. The molecule has 6 nitrogen and oxygen atoms in total. The van der Waals surface area contributed by atoms with Crippen molar-refractivity contribution >= 4 is 11.9 Å². The Balaban J connectivity index is 2.04. The van der Waals surface area contributed by atoms with Crippen molar-refractivity contribution in [3.05, 3.63) is 39.9 Å². The number of nitro groups is 1. The lowest BCUT2D eigenvalue weighted by molar-refractivity contribution is -0.384. The summed E-state index contributed by atoms with van der Waals surface area (Å²) in [7, 11) is 1.83. The predicted molar refractivity (Wildman–Crippen MR) is 76.7 cm³/mol. The zero-order chi connectivity index (χ0) is 14.5. The number of rotatable bonds is 4. The van der Waals surface area contributed by atoms with E-state index in [9.17, 15) is 15.2 Å². The van der Waals surface area contributed by atoms with Gasteiger partial charge in [0.1, 0.15) is 0 Å². The third-order valence-electron chi connectivity index (χ3n) is 3.64. The summed E-state index contributed by atoms with van der Waals surface area (Å²) in [6.07, 6.45) is 5.12. The SMILES string of the molecule is CN(/N=C/c1cccc([N+](=O)[O-])c1)[C@H]1CCCC[C@@H]1O. The van der Waals surface area contributed by atoms with E-state index in [2.05, 4.69) is 5.10 Å². The van der Waals surface area contributed by atoms with Gasteiger partial charge in [-0.15, -0.1) is 0 Å². The van der Waals surface area contributed by atoms with Crippen LogP contribution in [0.25, 0.3) is 0 Å². The Morgan fingerprint density at radius 1 is 1.45 bits per heavy atom. The zero-order valence-electron chi connectivity index (χ0n) is 11.5. The fraction of sp³-hybridized carbons (Fsp3) is 0.500. The van der Waals surface area contributed by atoms with Gasteiger partial charge in [0.25, 0.3) is 5.69 Å². The van der Waals surface area contributed by atoms with Crippen molar-refractivity contribution in [1.82, 2.24) is 5.01 Å². The highest BCUT2D eigenvalue weighted by molar-refractivity contribution is 5.80. The summed E-state index contributed by atoms with van der Waals surface area (Å²) in [5, 5.41) is 26.7. The van der Waals surface area contributed by atoms with Gasteiger partial charge in [-0.2, -0.15) is 5.10 Å². The highest BCUT2D eigenvalue weighted by atomic mass is 16.6. The molecule has 0 unspecified atom stereocenters. The molecule has 0 saturated heterocycles. The van der Waals surface area contributed by atoms with Gasteiger partial charge in [-0.3, -0.25) is 15.1 Å². The maximum Gasteiger partial charge on any atom is 0.270 e. The van der Waals surface area contributed by atoms with Gasteiger partial charge in [0.2, 0.25) is 0 Å². The summed E-state index contributed by atoms with van der Waals surface area (Å²) in [6, 6.07) is 6.36. The van der Waals surface area contributed by atoms with Crippen LogP contribution in [-0.4, -0.2) is 40.4 Å². The van der Waals surface area contributed by atoms with Gasteiger partial charge in [-0.1, -0.05) is 25.0 Å². The molecule has 2 rings (SSSR count). The summed E-state index contributed by atoms with van der Waals surface area (Å²) < 4.78 is 0. The van der Waals surface area contributed by atoms with Crippen LogP contribution < -0.4 is 0 Å². The number of non-ortho nitro benzene ring substituents is 1. The molecule has 1 aliphatic carbocycles. The monoisotopic (exact) mass is 277 g/mol. The van der Waals surface area contributed by atoms with Crippen LogP contribution in [0, 0.1) is 10.1 Å². The van der Waals surface area contributed by atoms with Crippen molar-refractivity contribution in [2.45, 2.75) is 37.8 Å². The topological polar surface area (TPSA) is 79.0 Å². The minimum atomic E-state index is -0.425. The molecular weight excluding hydrogens is 258 g/mol. The van der Waals surface area contributed by atoms with E-state index in [-0.39, 0.29) is 17.8 Å². The number of hydrogen-bond acceptors (Lipinski definition) is 5. The van der Waals surface area contributed by atoms with Crippen LogP contribution in [0.4, 0.5) is 5.69 Å². The van der Waals surface area contributed by atoms with E-state index in [0.717, 1.165) is 25.7 Å². The quantitative estimate of drug-likeness (QED) is 0.519. The number of hydrogen-bond donors (Lipinski definition) is 1. The largest absolute Gasteiger partial charge is 0.391 e. The lowest BCUT2D eigenvalue weighted by Crippen LogP contribution is -2.40. The lowest BCUT2D eigenvalue weighted by Gasteiger charge is -2.33. The van der Waals surface area contributed by atoms with E-state index in [0.29, 0.717) is 5.56 Å². The average Bonchev–Trinajstić information content (AvgIpc) is 2.45. The maximum atomic E-state index is 10.7. The van der Waals surface area contributed by atoms with Crippen LogP contribution in [0.5, 0.6) is 0 Å². The first-order chi connectivity index (χ1) is 9.58.